The van der Waals surface area contributed by atoms with Gasteiger partial charge in [-0.25, -0.2) is 17.6 Å². The molecule has 1 fully saturated rings. The van der Waals surface area contributed by atoms with Crippen molar-refractivity contribution in [2.75, 3.05) is 32.7 Å². The summed E-state index contributed by atoms with van der Waals surface area (Å²) >= 11 is 0. The number of carbonyl (C=O) groups excluding carboxylic acids is 1. The van der Waals surface area contributed by atoms with Gasteiger partial charge in [0.15, 0.2) is 17.5 Å². The zero-order chi connectivity index (χ0) is 18.7. The van der Waals surface area contributed by atoms with Gasteiger partial charge in [-0.2, -0.15) is 0 Å². The van der Waals surface area contributed by atoms with E-state index < -0.39 is 28.9 Å². The van der Waals surface area contributed by atoms with Gasteiger partial charge < -0.3 is 4.90 Å². The van der Waals surface area contributed by atoms with E-state index in [0.717, 1.165) is 30.7 Å². The number of hydrogen-bond donors (Lipinski definition) is 0. The van der Waals surface area contributed by atoms with Crippen molar-refractivity contribution in [2.45, 2.75) is 6.42 Å². The Hall–Kier alpha value is -2.41. The van der Waals surface area contributed by atoms with Crippen molar-refractivity contribution in [3.63, 3.8) is 0 Å². The molecule has 0 spiro atoms. The van der Waals surface area contributed by atoms with Crippen LogP contribution in [0.4, 0.5) is 17.6 Å². The first-order valence-corrected chi connectivity index (χ1v) is 8.35. The number of hydrogen-bond acceptors (Lipinski definition) is 2. The number of nitrogens with zero attached hydrogens (tertiary/aromatic N) is 2. The third kappa shape index (κ3) is 4.04. The molecule has 0 aliphatic carbocycles. The van der Waals surface area contributed by atoms with E-state index in [4.69, 9.17) is 0 Å². The highest BCUT2D eigenvalue weighted by atomic mass is 19.2. The van der Waals surface area contributed by atoms with Crippen molar-refractivity contribution in [3.05, 3.63) is 70.8 Å². The van der Waals surface area contributed by atoms with E-state index in [1.165, 1.54) is 17.0 Å². The lowest BCUT2D eigenvalue weighted by molar-refractivity contribution is 0.0632. The van der Waals surface area contributed by atoms with Crippen LogP contribution >= 0.6 is 0 Å². The van der Waals surface area contributed by atoms with Gasteiger partial charge in [0.25, 0.3) is 5.91 Å². The van der Waals surface area contributed by atoms with Crippen LogP contribution in [0.3, 0.4) is 0 Å². The molecular formula is C19H18F4N2O. The monoisotopic (exact) mass is 366 g/mol. The molecule has 138 valence electrons. The van der Waals surface area contributed by atoms with Crippen LogP contribution in [0.1, 0.15) is 15.9 Å². The average Bonchev–Trinajstić information content (AvgIpc) is 2.66. The van der Waals surface area contributed by atoms with E-state index in [0.29, 0.717) is 26.2 Å². The molecule has 2 aromatic carbocycles. The van der Waals surface area contributed by atoms with Crippen LogP contribution in [0.2, 0.25) is 0 Å². The van der Waals surface area contributed by atoms with Crippen molar-refractivity contribution in [3.8, 4) is 0 Å². The van der Waals surface area contributed by atoms with Crippen molar-refractivity contribution in [2.24, 2.45) is 0 Å². The molecule has 1 aliphatic rings. The van der Waals surface area contributed by atoms with E-state index in [9.17, 15) is 22.4 Å². The molecule has 7 heteroatoms. The molecular weight excluding hydrogens is 348 g/mol. The van der Waals surface area contributed by atoms with Gasteiger partial charge in [-0.1, -0.05) is 12.1 Å². The second-order valence-corrected chi connectivity index (χ2v) is 6.23. The van der Waals surface area contributed by atoms with Crippen molar-refractivity contribution in [1.29, 1.82) is 0 Å². The topological polar surface area (TPSA) is 23.6 Å². The lowest BCUT2D eigenvalue weighted by Crippen LogP contribution is -2.49. The lowest BCUT2D eigenvalue weighted by atomic mass is 10.1. The minimum atomic E-state index is -1.63. The first kappa shape index (κ1) is 18.4. The molecule has 0 radical (unpaired) electrons. The third-order valence-electron chi connectivity index (χ3n) is 4.56. The van der Waals surface area contributed by atoms with Gasteiger partial charge in [0.1, 0.15) is 5.82 Å². The highest BCUT2D eigenvalue weighted by molar-refractivity contribution is 5.94. The van der Waals surface area contributed by atoms with Crippen molar-refractivity contribution in [1.82, 2.24) is 9.80 Å². The molecule has 1 aliphatic heterocycles. The molecule has 1 heterocycles. The average molecular weight is 366 g/mol. The Morgan fingerprint density at radius 3 is 2.15 bits per heavy atom. The number of amides is 1. The first-order chi connectivity index (χ1) is 12.5. The summed E-state index contributed by atoms with van der Waals surface area (Å²) in [5, 5.41) is 0. The minimum absolute atomic E-state index is 0.273. The maximum absolute atomic E-state index is 13.8. The van der Waals surface area contributed by atoms with E-state index in [-0.39, 0.29) is 5.82 Å². The fraction of sp³-hybridized carbons (Fsp3) is 0.316. The number of rotatable bonds is 4. The Morgan fingerprint density at radius 1 is 0.846 bits per heavy atom. The van der Waals surface area contributed by atoms with Crippen LogP contribution in [0.5, 0.6) is 0 Å². The largest absolute Gasteiger partial charge is 0.336 e. The number of benzene rings is 2. The second-order valence-electron chi connectivity index (χ2n) is 6.23. The van der Waals surface area contributed by atoms with Crippen molar-refractivity contribution >= 4 is 5.91 Å². The Morgan fingerprint density at radius 2 is 1.50 bits per heavy atom. The molecule has 0 aromatic heterocycles. The number of piperazine rings is 1. The quantitative estimate of drug-likeness (QED) is 0.613. The maximum atomic E-state index is 13.8. The van der Waals surface area contributed by atoms with E-state index >= 15 is 0 Å². The molecule has 1 saturated heterocycles. The standard InChI is InChI=1S/C19H18F4N2O/c20-14-3-1-13(2-4-14)7-8-24-9-11-25(12-10-24)19(26)15-5-6-16(21)18(23)17(15)22/h1-6H,7-12H2. The minimum Gasteiger partial charge on any atom is -0.336 e. The fourth-order valence-corrected chi connectivity index (χ4v) is 2.97. The van der Waals surface area contributed by atoms with Gasteiger partial charge in [-0.3, -0.25) is 9.69 Å². The second kappa shape index (κ2) is 7.86. The molecule has 0 unspecified atom stereocenters. The predicted octanol–water partition coefficient (Wildman–Crippen LogP) is 3.24. The Balaban J connectivity index is 1.54. The highest BCUT2D eigenvalue weighted by Gasteiger charge is 2.26. The van der Waals surface area contributed by atoms with Gasteiger partial charge in [0, 0.05) is 32.7 Å². The maximum Gasteiger partial charge on any atom is 0.257 e. The SMILES string of the molecule is O=C(c1ccc(F)c(F)c1F)N1CCN(CCc2ccc(F)cc2)CC1. The summed E-state index contributed by atoms with van der Waals surface area (Å²) in [6.45, 7) is 2.70. The summed E-state index contributed by atoms with van der Waals surface area (Å²) < 4.78 is 53.0. The van der Waals surface area contributed by atoms with Gasteiger partial charge in [-0.05, 0) is 36.2 Å². The van der Waals surface area contributed by atoms with E-state index in [1.807, 2.05) is 0 Å². The molecule has 1 amide bonds. The van der Waals surface area contributed by atoms with E-state index in [1.54, 1.807) is 12.1 Å². The van der Waals surface area contributed by atoms with Crippen LogP contribution in [0.15, 0.2) is 36.4 Å². The molecule has 3 nitrogen and oxygen atoms in total. The van der Waals surface area contributed by atoms with Gasteiger partial charge >= 0.3 is 0 Å². The number of carbonyl (C=O) groups is 1. The normalized spacial score (nSPS) is 15.3. The van der Waals surface area contributed by atoms with Gasteiger partial charge in [0.05, 0.1) is 5.56 Å². The van der Waals surface area contributed by atoms with Gasteiger partial charge in [-0.15, -0.1) is 0 Å². The molecule has 0 bridgehead atoms. The Bertz CT molecular complexity index is 787. The molecule has 2 aromatic rings. The smallest absolute Gasteiger partial charge is 0.257 e. The van der Waals surface area contributed by atoms with Crippen LogP contribution in [0, 0.1) is 23.3 Å². The summed E-state index contributed by atoms with van der Waals surface area (Å²) in [4.78, 5) is 15.9. The molecule has 26 heavy (non-hydrogen) atoms. The first-order valence-electron chi connectivity index (χ1n) is 8.35. The summed E-state index contributed by atoms with van der Waals surface area (Å²) in [6.07, 6.45) is 0.756. The lowest BCUT2D eigenvalue weighted by Gasteiger charge is -2.34. The van der Waals surface area contributed by atoms with E-state index in [2.05, 4.69) is 4.90 Å². The fourth-order valence-electron chi connectivity index (χ4n) is 2.97. The Labute approximate surface area is 148 Å². The predicted molar refractivity (Wildman–Crippen MR) is 88.8 cm³/mol. The summed E-state index contributed by atoms with van der Waals surface area (Å²) in [5.41, 5.74) is 0.567. The van der Waals surface area contributed by atoms with Crippen LogP contribution < -0.4 is 0 Å². The van der Waals surface area contributed by atoms with Gasteiger partial charge in [0.2, 0.25) is 0 Å². The third-order valence-corrected chi connectivity index (χ3v) is 4.56. The van der Waals surface area contributed by atoms with Crippen molar-refractivity contribution < 1.29 is 22.4 Å². The van der Waals surface area contributed by atoms with Crippen LogP contribution in [0.25, 0.3) is 0 Å². The Kier molecular flexibility index (Phi) is 5.56. The molecule has 0 N–H and O–H groups in total. The zero-order valence-electron chi connectivity index (χ0n) is 14.0. The molecule has 3 rings (SSSR count). The van der Waals surface area contributed by atoms with Crippen LogP contribution in [-0.4, -0.2) is 48.4 Å². The summed E-state index contributed by atoms with van der Waals surface area (Å²) in [6, 6.07) is 8.04. The molecule has 0 saturated carbocycles. The van der Waals surface area contributed by atoms with Crippen LogP contribution in [-0.2, 0) is 6.42 Å². The molecule has 0 atom stereocenters. The highest BCUT2D eigenvalue weighted by Crippen LogP contribution is 2.18. The number of halogens is 4. The summed E-state index contributed by atoms with van der Waals surface area (Å²) in [7, 11) is 0. The zero-order valence-corrected chi connectivity index (χ0v) is 14.0. The summed E-state index contributed by atoms with van der Waals surface area (Å²) in [5.74, 6) is -5.31.